The van der Waals surface area contributed by atoms with E-state index in [1.807, 2.05) is 18.2 Å². The topological polar surface area (TPSA) is 45.0 Å². The summed E-state index contributed by atoms with van der Waals surface area (Å²) in [5.74, 6) is 0. The Kier molecular flexibility index (Phi) is 5.68. The number of ether oxygens (including phenoxy) is 1. The van der Waals surface area contributed by atoms with Crippen LogP contribution in [-0.2, 0) is 16.7 Å². The second-order valence-electron chi connectivity index (χ2n) is 6.32. The van der Waals surface area contributed by atoms with Gasteiger partial charge < -0.3 is 10.1 Å². The van der Waals surface area contributed by atoms with Gasteiger partial charge in [-0.2, -0.15) is 5.26 Å². The molecule has 2 aromatic carbocycles. The summed E-state index contributed by atoms with van der Waals surface area (Å²) in [7, 11) is 0. The van der Waals surface area contributed by atoms with Gasteiger partial charge in [-0.25, -0.2) is 0 Å². The highest BCUT2D eigenvalue weighted by molar-refractivity contribution is 9.10. The van der Waals surface area contributed by atoms with Crippen molar-refractivity contribution in [3.05, 3.63) is 69.7 Å². The number of hydrogen-bond donors (Lipinski definition) is 1. The van der Waals surface area contributed by atoms with Crippen LogP contribution >= 0.6 is 15.9 Å². The lowest BCUT2D eigenvalue weighted by Crippen LogP contribution is -2.42. The Bertz CT molecular complexity index is 732. The molecule has 0 spiro atoms. The molecular weight excluding hydrogens is 364 g/mol. The molecule has 0 aromatic heterocycles. The van der Waals surface area contributed by atoms with E-state index in [0.29, 0.717) is 5.56 Å². The van der Waals surface area contributed by atoms with Crippen LogP contribution in [0, 0.1) is 11.3 Å². The van der Waals surface area contributed by atoms with Crippen LogP contribution in [0.3, 0.4) is 0 Å². The Balaban J connectivity index is 1.72. The lowest BCUT2D eigenvalue weighted by Gasteiger charge is -2.38. The number of rotatable bonds is 5. The van der Waals surface area contributed by atoms with Crippen molar-refractivity contribution < 1.29 is 4.74 Å². The fourth-order valence-electron chi connectivity index (χ4n) is 3.34. The molecule has 3 rings (SSSR count). The largest absolute Gasteiger partial charge is 0.381 e. The van der Waals surface area contributed by atoms with Gasteiger partial charge in [0.25, 0.3) is 0 Å². The number of hydrogen-bond acceptors (Lipinski definition) is 3. The molecule has 0 saturated carbocycles. The van der Waals surface area contributed by atoms with Crippen LogP contribution in [0.4, 0.5) is 0 Å². The summed E-state index contributed by atoms with van der Waals surface area (Å²) >= 11 is 3.59. The Labute approximate surface area is 151 Å². The molecule has 0 radical (unpaired) electrons. The molecule has 0 aliphatic carbocycles. The second-order valence-corrected chi connectivity index (χ2v) is 7.23. The molecule has 1 heterocycles. The van der Waals surface area contributed by atoms with Crippen molar-refractivity contribution in [2.45, 2.75) is 24.8 Å². The Hall–Kier alpha value is -1.67. The summed E-state index contributed by atoms with van der Waals surface area (Å²) in [5, 5.41) is 12.6. The van der Waals surface area contributed by atoms with E-state index in [0.717, 1.165) is 49.2 Å². The zero-order valence-electron chi connectivity index (χ0n) is 13.6. The normalized spacial score (nSPS) is 16.5. The van der Waals surface area contributed by atoms with E-state index in [4.69, 9.17) is 10.00 Å². The van der Waals surface area contributed by atoms with Gasteiger partial charge in [-0.3, -0.25) is 0 Å². The van der Waals surface area contributed by atoms with Crippen molar-refractivity contribution in [3.63, 3.8) is 0 Å². The molecule has 0 bridgehead atoms. The highest BCUT2D eigenvalue weighted by Gasteiger charge is 2.34. The zero-order chi connectivity index (χ0) is 16.8. The highest BCUT2D eigenvalue weighted by Crippen LogP contribution is 2.35. The summed E-state index contributed by atoms with van der Waals surface area (Å²) < 4.78 is 6.71. The zero-order valence-corrected chi connectivity index (χ0v) is 15.2. The summed E-state index contributed by atoms with van der Waals surface area (Å²) in [6.07, 6.45) is 2.05. The molecule has 0 unspecified atom stereocenters. The number of halogens is 1. The predicted octanol–water partition coefficient (Wildman–Crippen LogP) is 4.16. The molecule has 4 heteroatoms. The molecule has 0 atom stereocenters. The van der Waals surface area contributed by atoms with Crippen molar-refractivity contribution in [2.24, 2.45) is 0 Å². The molecule has 3 nitrogen and oxygen atoms in total. The van der Waals surface area contributed by atoms with E-state index in [1.165, 1.54) is 5.56 Å². The number of nitriles is 1. The van der Waals surface area contributed by atoms with E-state index in [1.54, 1.807) is 0 Å². The first-order valence-electron chi connectivity index (χ1n) is 8.25. The van der Waals surface area contributed by atoms with Gasteiger partial charge in [0, 0.05) is 36.2 Å². The molecule has 24 heavy (non-hydrogen) atoms. The Morgan fingerprint density at radius 3 is 2.67 bits per heavy atom. The summed E-state index contributed by atoms with van der Waals surface area (Å²) in [6, 6.07) is 18.6. The lowest BCUT2D eigenvalue weighted by molar-refractivity contribution is 0.0497. The number of nitrogens with zero attached hydrogens (tertiary/aromatic N) is 1. The summed E-state index contributed by atoms with van der Waals surface area (Å²) in [4.78, 5) is 0. The third-order valence-corrected chi connectivity index (χ3v) is 5.23. The van der Waals surface area contributed by atoms with Crippen molar-refractivity contribution in [1.82, 2.24) is 5.32 Å². The molecule has 1 aliphatic heterocycles. The van der Waals surface area contributed by atoms with Crippen LogP contribution in [-0.4, -0.2) is 19.8 Å². The maximum absolute atomic E-state index is 9.02. The molecule has 2 aromatic rings. The van der Waals surface area contributed by atoms with Gasteiger partial charge in [0.1, 0.15) is 0 Å². The maximum Gasteiger partial charge on any atom is 0.0991 e. The molecule has 0 amide bonds. The second kappa shape index (κ2) is 7.94. The standard InChI is InChI=1S/C20H21BrN2O/c21-19-6-2-5-18(12-19)20(7-9-24-10-8-20)15-23-14-17-4-1-3-16(11-17)13-22/h1-6,11-12,23H,7-10,14-15H2. The number of benzene rings is 2. The number of nitrogens with one attached hydrogen (secondary N) is 1. The molecule has 1 fully saturated rings. The minimum atomic E-state index is 0.106. The Morgan fingerprint density at radius 2 is 1.92 bits per heavy atom. The molecule has 1 saturated heterocycles. The SMILES string of the molecule is N#Cc1cccc(CNCC2(c3cccc(Br)c3)CCOCC2)c1. The fourth-order valence-corrected chi connectivity index (χ4v) is 3.74. The van der Waals surface area contributed by atoms with Crippen molar-refractivity contribution in [2.75, 3.05) is 19.8 Å². The van der Waals surface area contributed by atoms with Gasteiger partial charge >= 0.3 is 0 Å². The average Bonchev–Trinajstić information content (AvgIpc) is 2.63. The monoisotopic (exact) mass is 384 g/mol. The van der Waals surface area contributed by atoms with Gasteiger partial charge in [-0.1, -0.05) is 40.2 Å². The summed E-state index contributed by atoms with van der Waals surface area (Å²) in [6.45, 7) is 3.28. The van der Waals surface area contributed by atoms with Gasteiger partial charge in [-0.05, 0) is 48.2 Å². The lowest BCUT2D eigenvalue weighted by atomic mass is 9.74. The van der Waals surface area contributed by atoms with Gasteiger partial charge in [0.05, 0.1) is 11.6 Å². The van der Waals surface area contributed by atoms with Crippen LogP contribution in [0.2, 0.25) is 0 Å². The van der Waals surface area contributed by atoms with Crippen LogP contribution in [0.1, 0.15) is 29.5 Å². The maximum atomic E-state index is 9.02. The van der Waals surface area contributed by atoms with Crippen molar-refractivity contribution >= 4 is 15.9 Å². The Morgan fingerprint density at radius 1 is 1.12 bits per heavy atom. The van der Waals surface area contributed by atoms with Crippen LogP contribution in [0.5, 0.6) is 0 Å². The van der Waals surface area contributed by atoms with Gasteiger partial charge in [0.2, 0.25) is 0 Å². The summed E-state index contributed by atoms with van der Waals surface area (Å²) in [5.41, 5.74) is 3.32. The average molecular weight is 385 g/mol. The minimum Gasteiger partial charge on any atom is -0.381 e. The fraction of sp³-hybridized carbons (Fsp3) is 0.350. The van der Waals surface area contributed by atoms with Crippen LogP contribution < -0.4 is 5.32 Å². The van der Waals surface area contributed by atoms with Crippen LogP contribution in [0.15, 0.2) is 53.0 Å². The van der Waals surface area contributed by atoms with Crippen molar-refractivity contribution in [1.29, 1.82) is 5.26 Å². The molecule has 124 valence electrons. The molecular formula is C20H21BrN2O. The van der Waals surface area contributed by atoms with E-state index in [2.05, 4.69) is 57.6 Å². The van der Waals surface area contributed by atoms with Gasteiger partial charge in [0.15, 0.2) is 0 Å². The van der Waals surface area contributed by atoms with E-state index < -0.39 is 0 Å². The first-order chi connectivity index (χ1) is 11.7. The van der Waals surface area contributed by atoms with E-state index in [9.17, 15) is 0 Å². The first kappa shape index (κ1) is 17.2. The smallest absolute Gasteiger partial charge is 0.0991 e. The van der Waals surface area contributed by atoms with E-state index in [-0.39, 0.29) is 5.41 Å². The quantitative estimate of drug-likeness (QED) is 0.841. The predicted molar refractivity (Wildman–Crippen MR) is 98.7 cm³/mol. The minimum absolute atomic E-state index is 0.106. The van der Waals surface area contributed by atoms with E-state index >= 15 is 0 Å². The molecule has 1 N–H and O–H groups in total. The third kappa shape index (κ3) is 4.05. The first-order valence-corrected chi connectivity index (χ1v) is 9.05. The highest BCUT2D eigenvalue weighted by atomic mass is 79.9. The van der Waals surface area contributed by atoms with Crippen molar-refractivity contribution in [3.8, 4) is 6.07 Å². The molecule has 1 aliphatic rings. The third-order valence-electron chi connectivity index (χ3n) is 4.74. The van der Waals surface area contributed by atoms with Gasteiger partial charge in [-0.15, -0.1) is 0 Å². The van der Waals surface area contributed by atoms with Crippen LogP contribution in [0.25, 0.3) is 0 Å².